The normalized spacial score (nSPS) is 19.6. The summed E-state index contributed by atoms with van der Waals surface area (Å²) in [6.45, 7) is 42.0. The molecular formula is C106H146BClLiN13O14P2S. The summed E-state index contributed by atoms with van der Waals surface area (Å²) < 4.78 is 81.8. The van der Waals surface area contributed by atoms with E-state index in [0.29, 0.717) is 62.0 Å². The zero-order chi connectivity index (χ0) is 101. The van der Waals surface area contributed by atoms with Gasteiger partial charge in [-0.3, -0.25) is 38.0 Å². The predicted molar refractivity (Wildman–Crippen MR) is 556 cm³/mol. The van der Waals surface area contributed by atoms with E-state index >= 15 is 0 Å². The Morgan fingerprint density at radius 3 is 1.35 bits per heavy atom. The Balaban J connectivity index is 0.000000224. The Hall–Kier alpha value is -10.2. The van der Waals surface area contributed by atoms with Gasteiger partial charge in [0.1, 0.15) is 28.3 Å². The van der Waals surface area contributed by atoms with Crippen molar-refractivity contribution in [1.82, 2.24) is 59.1 Å². The molecule has 10 aromatic rings. The minimum absolute atomic E-state index is 0. The Morgan fingerprint density at radius 1 is 0.504 bits per heavy atom. The second-order valence-corrected chi connectivity index (χ2v) is 45.4. The number of nitrogens with zero attached hydrogens (tertiary/aromatic N) is 12. The number of aliphatic imine (C=N–C) groups is 1. The average Bonchev–Trinajstić information content (AvgIpc) is 1.62. The molecule has 0 saturated carbocycles. The first-order chi connectivity index (χ1) is 65.7. The summed E-state index contributed by atoms with van der Waals surface area (Å²) in [4.78, 5) is 57.3. The van der Waals surface area contributed by atoms with Gasteiger partial charge in [0.25, 0.3) is 0 Å². The number of likely N-dealkylation sites (tertiary alicyclic amines) is 1. The van der Waals surface area contributed by atoms with E-state index in [1.165, 1.54) is 81.5 Å². The predicted octanol–water partition coefficient (Wildman–Crippen LogP) is 20.9. The van der Waals surface area contributed by atoms with Crippen LogP contribution in [-0.2, 0) is 68.1 Å². The first kappa shape index (κ1) is 112. The van der Waals surface area contributed by atoms with E-state index in [0.717, 1.165) is 87.0 Å². The molecule has 0 spiro atoms. The van der Waals surface area contributed by atoms with Gasteiger partial charge in [-0.15, -0.1) is 0 Å². The van der Waals surface area contributed by atoms with Crippen molar-refractivity contribution >= 4 is 86.4 Å². The summed E-state index contributed by atoms with van der Waals surface area (Å²) in [5.41, 5.74) is 9.18. The smallest absolute Gasteiger partial charge is 1.00 e. The summed E-state index contributed by atoms with van der Waals surface area (Å²) in [6, 6.07) is 59.5. The standard InChI is InChI=1S/C21H27N3O2.C18H26NO5P.C16H21BN2O2.C16H21N3.C16H19N3.C11H19NO3.C7H8ClO2P.CH4S.Li.H/c1-16-10-11-19(24(13-16)20(25)26-21(2,3)4)18-12-22-23(15-18)14-17-8-6-5-7-9-17;1-14-11-12-16(19(13-14)17(20)22-18(2,3)4)24-25(5,21)23-15-9-7-6-8-10-15;1-15(2)16(3,4)21-17(20-15)14-10-18-19(12-14)11-13-8-6-5-7-9-13;2*1-13-7-8-16(17-9-13)15-10-18-19(12-15)11-14-5-3-2-4-6-14;1-8-5-6-9(13)12(7-8)10(14)15-11(2,3)4;1-11(8,9)10-7-5-3-2-4-6-7;1-2;;/h5-9,11-12,15-16H,10,13-14H2,1-4H3;6-10,12,14H,11,13H2,1-5H3;5-10,12H,11H2,1-4H3;2-6,10,12-13,16-17H,7-9,11H2,1H3;2-6,10,12-13H,7-9,11H2,1H3;8H,5-7H2,1-4H3;2-6H,1H3;2H,1H3;;/q;;;;;;;;+1;-1/t;;;13-,16+;;;;;;/m...1....../s1/i;;;;;;;1D;;. The molecule has 8 atom stereocenters. The molecule has 10 heterocycles. The molecule has 0 aliphatic carbocycles. The quantitative estimate of drug-likeness (QED) is 0.0349. The number of aromatic nitrogens is 8. The van der Waals surface area contributed by atoms with Crippen LogP contribution < -0.4 is 38.7 Å². The van der Waals surface area contributed by atoms with Gasteiger partial charge < -0.3 is 43.8 Å². The largest absolute Gasteiger partial charge is 1.00 e. The molecule has 3 fully saturated rings. The molecule has 0 radical (unpaired) electrons. The topological polar surface area (TPSA) is 282 Å². The van der Waals surface area contributed by atoms with Crippen molar-refractivity contribution in [2.24, 2.45) is 34.6 Å². The number of hydrogen-bond acceptors (Lipinski definition) is 21. The Morgan fingerprint density at radius 2 is 0.899 bits per heavy atom. The Bertz CT molecular complexity index is 5650. The molecule has 4 aromatic heterocycles. The molecule has 3 saturated heterocycles. The van der Waals surface area contributed by atoms with Crippen molar-refractivity contribution in [3.8, 4) is 11.5 Å². The number of rotatable bonds is 18. The molecule has 1 N–H and O–H groups in total. The minimum atomic E-state index is -3.45. The number of ether oxygens (including phenoxy) is 3. The van der Waals surface area contributed by atoms with Crippen LogP contribution in [0.3, 0.4) is 0 Å². The first-order valence-electron chi connectivity index (χ1n) is 48.1. The van der Waals surface area contributed by atoms with Gasteiger partial charge >= 0.3 is 58.6 Å². The van der Waals surface area contributed by atoms with Gasteiger partial charge in [0, 0.05) is 106 Å². The molecule has 6 unspecified atom stereocenters. The van der Waals surface area contributed by atoms with Crippen LogP contribution in [0, 0.1) is 29.6 Å². The average molecular weight is 1970 g/mol. The molecule has 6 aliphatic rings. The molecule has 139 heavy (non-hydrogen) atoms. The van der Waals surface area contributed by atoms with E-state index in [-0.39, 0.29) is 68.6 Å². The van der Waals surface area contributed by atoms with Crippen molar-refractivity contribution in [3.05, 3.63) is 289 Å². The fourth-order valence-corrected chi connectivity index (χ4v) is 16.8. The van der Waals surface area contributed by atoms with Gasteiger partial charge in [0.05, 0.1) is 68.3 Å². The number of carbonyl (C=O) groups excluding carboxylic acids is 4. The fraction of sp³-hybridized carbons (Fsp3) is 0.462. The van der Waals surface area contributed by atoms with E-state index < -0.39 is 43.3 Å². The third-order valence-corrected chi connectivity index (χ3v) is 24.5. The van der Waals surface area contributed by atoms with E-state index in [4.69, 9.17) is 49.7 Å². The fourth-order valence-electron chi connectivity index (χ4n) is 15.0. The summed E-state index contributed by atoms with van der Waals surface area (Å²) in [5, 5.41) is 21.4. The summed E-state index contributed by atoms with van der Waals surface area (Å²) >= 11 is 8.86. The molecule has 4 amide bonds. The van der Waals surface area contributed by atoms with Gasteiger partial charge in [0.15, 0.2) is 0 Å². The number of thiol groups is 1. The number of para-hydroxylation sites is 2. The van der Waals surface area contributed by atoms with E-state index in [2.05, 4.69) is 183 Å². The van der Waals surface area contributed by atoms with Gasteiger partial charge in [-0.2, -0.15) is 33.0 Å². The monoisotopic (exact) mass is 1970 g/mol. The van der Waals surface area contributed by atoms with E-state index in [9.17, 15) is 28.3 Å². The van der Waals surface area contributed by atoms with Crippen LogP contribution in [-0.4, -0.2) is 171 Å². The van der Waals surface area contributed by atoms with Crippen molar-refractivity contribution < 1.29 is 87.1 Å². The summed E-state index contributed by atoms with van der Waals surface area (Å²) in [7, 11) is -3.80. The van der Waals surface area contributed by atoms with Crippen LogP contribution >= 0.6 is 38.2 Å². The molecule has 6 aliphatic heterocycles. The SMILES string of the molecule is CC1(C)OB(c2cnn(Cc3ccccc3)c2)OC1(C)C.CC1CC=C(OP(C)(=O)Oc2ccccc2)N(C(=O)OC(C)(C)C)C1.CC1CC=C(c2cnn(Cc3ccccc3)c2)N(C(=O)OC(C)(C)C)C1.CC1CCC(=O)N(C(=O)OC(C)(C)C)C1.CC1CCC(c2cnn(Cc3ccccc3)c2)=NC1.CP(=O)(Cl)Oc1ccccc1.C[C@@H]1CC[C@@H](c2cnn(Cc3ccccc3)c2)NC1.[2H]CS.[H-].[Li+]. The number of imide groups is 1. The summed E-state index contributed by atoms with van der Waals surface area (Å²) in [5.74, 6) is 3.64. The second-order valence-electron chi connectivity index (χ2n) is 39.9. The van der Waals surface area contributed by atoms with Gasteiger partial charge in [-0.05, 0) is 241 Å². The number of carbonyl (C=O) groups is 4. The van der Waals surface area contributed by atoms with Crippen LogP contribution in [0.15, 0.2) is 255 Å². The third kappa shape index (κ3) is 39.7. The Kier molecular flexibility index (Phi) is 43.4. The minimum Gasteiger partial charge on any atom is -1.00 e. The number of amides is 4. The molecule has 746 valence electrons. The second kappa shape index (κ2) is 53.6. The van der Waals surface area contributed by atoms with Crippen LogP contribution in [0.25, 0.3) is 5.70 Å². The maximum absolute atomic E-state index is 12.7. The Labute approximate surface area is 850 Å². The number of allylic oxidation sites excluding steroid dienone is 2. The third-order valence-electron chi connectivity index (χ3n) is 22.7. The van der Waals surface area contributed by atoms with E-state index in [1.54, 1.807) is 101 Å². The molecule has 33 heteroatoms. The van der Waals surface area contributed by atoms with Crippen LogP contribution in [0.1, 0.15) is 224 Å². The maximum atomic E-state index is 12.7. The van der Waals surface area contributed by atoms with Crippen LogP contribution in [0.5, 0.6) is 11.5 Å². The van der Waals surface area contributed by atoms with Gasteiger partial charge in [-0.25, -0.2) is 28.7 Å². The molecular weight excluding hydrogens is 1830 g/mol. The number of hydrogen-bond donors (Lipinski definition) is 2. The molecule has 27 nitrogen and oxygen atoms in total. The van der Waals surface area contributed by atoms with Crippen molar-refractivity contribution in [2.75, 3.05) is 52.3 Å². The number of piperidine rings is 2. The van der Waals surface area contributed by atoms with Crippen molar-refractivity contribution in [2.45, 2.75) is 236 Å². The van der Waals surface area contributed by atoms with Gasteiger partial charge in [-0.1, -0.05) is 198 Å². The van der Waals surface area contributed by atoms with Crippen LogP contribution in [0.2, 0.25) is 0 Å². The van der Waals surface area contributed by atoms with Gasteiger partial charge in [0.2, 0.25) is 11.8 Å². The zero-order valence-electron chi connectivity index (χ0n) is 87.2. The molecule has 16 rings (SSSR count). The van der Waals surface area contributed by atoms with Crippen LogP contribution in [0.4, 0.5) is 14.4 Å². The number of benzene rings is 6. The number of halogens is 1. The van der Waals surface area contributed by atoms with Crippen molar-refractivity contribution in [3.63, 3.8) is 0 Å². The maximum Gasteiger partial charge on any atom is 1.00 e. The first-order valence-corrected chi connectivity index (χ1v) is 53.0. The van der Waals surface area contributed by atoms with E-state index in [1.807, 2.05) is 151 Å². The number of nitrogens with one attached hydrogen (secondary N) is 1. The zero-order valence-corrected chi connectivity index (χ0v) is 88.6. The molecule has 0 bridgehead atoms. The summed E-state index contributed by atoms with van der Waals surface area (Å²) in [6.07, 6.45) is 26.4. The molecule has 6 aromatic carbocycles. The van der Waals surface area contributed by atoms with Crippen molar-refractivity contribution in [1.29, 1.82) is 0 Å².